The lowest BCUT2D eigenvalue weighted by molar-refractivity contribution is 0.180. The molecule has 30 heavy (non-hydrogen) atoms. The fourth-order valence-corrected chi connectivity index (χ4v) is 5.85. The summed E-state index contributed by atoms with van der Waals surface area (Å²) in [7, 11) is -1.63. The molecule has 1 aliphatic rings. The molecule has 0 aliphatic carbocycles. The number of methoxy groups -OCH3 is 1. The summed E-state index contributed by atoms with van der Waals surface area (Å²) in [6, 6.07) is 17.3. The number of benzene rings is 2. The molecule has 1 saturated heterocycles. The van der Waals surface area contributed by atoms with Gasteiger partial charge in [-0.05, 0) is 29.8 Å². The Balaban J connectivity index is 1.32. The molecule has 0 radical (unpaired) electrons. The van der Waals surface area contributed by atoms with Crippen LogP contribution in [0, 0.1) is 0 Å². The zero-order valence-corrected chi connectivity index (χ0v) is 18.5. The lowest BCUT2D eigenvalue weighted by Crippen LogP contribution is -2.48. The summed E-state index contributed by atoms with van der Waals surface area (Å²) in [6.07, 6.45) is 0. The van der Waals surface area contributed by atoms with Crippen molar-refractivity contribution in [3.05, 3.63) is 71.2 Å². The van der Waals surface area contributed by atoms with Crippen LogP contribution >= 0.6 is 11.3 Å². The van der Waals surface area contributed by atoms with Crippen molar-refractivity contribution in [2.24, 2.45) is 0 Å². The van der Waals surface area contributed by atoms with Gasteiger partial charge in [0.15, 0.2) is 0 Å². The Bertz CT molecular complexity index is 1060. The molecule has 0 amide bonds. The maximum atomic E-state index is 12.7. The number of ether oxygens (including phenoxy) is 1. The first kappa shape index (κ1) is 21.0. The Morgan fingerprint density at radius 1 is 1.00 bits per heavy atom. The van der Waals surface area contributed by atoms with Crippen LogP contribution in [0.1, 0.15) is 11.3 Å². The molecule has 8 heteroatoms. The van der Waals surface area contributed by atoms with Crippen molar-refractivity contribution in [1.82, 2.24) is 14.2 Å². The largest absolute Gasteiger partial charge is 0.497 e. The van der Waals surface area contributed by atoms with Gasteiger partial charge in [0.2, 0.25) is 10.0 Å². The molecule has 0 N–H and O–H groups in total. The molecule has 2 heterocycles. The summed E-state index contributed by atoms with van der Waals surface area (Å²) in [5, 5.41) is 3.06. The Kier molecular flexibility index (Phi) is 6.48. The van der Waals surface area contributed by atoms with Crippen molar-refractivity contribution in [1.29, 1.82) is 0 Å². The zero-order valence-electron chi connectivity index (χ0n) is 16.9. The number of hydrogen-bond donors (Lipinski definition) is 0. The molecule has 2 aromatic carbocycles. The average molecular weight is 444 g/mol. The second-order valence-electron chi connectivity index (χ2n) is 7.29. The van der Waals surface area contributed by atoms with E-state index in [4.69, 9.17) is 9.72 Å². The quantitative estimate of drug-likeness (QED) is 0.560. The summed E-state index contributed by atoms with van der Waals surface area (Å²) in [4.78, 5) is 7.02. The minimum absolute atomic E-state index is 0.0607. The predicted molar refractivity (Wildman–Crippen MR) is 120 cm³/mol. The number of rotatable bonds is 7. The number of piperazine rings is 1. The highest BCUT2D eigenvalue weighted by Crippen LogP contribution is 2.26. The van der Waals surface area contributed by atoms with E-state index in [1.54, 1.807) is 22.8 Å². The molecule has 0 unspecified atom stereocenters. The first-order valence-electron chi connectivity index (χ1n) is 9.86. The van der Waals surface area contributed by atoms with E-state index in [-0.39, 0.29) is 5.75 Å². The first-order valence-corrected chi connectivity index (χ1v) is 12.4. The van der Waals surface area contributed by atoms with Gasteiger partial charge in [-0.2, -0.15) is 4.31 Å². The molecule has 158 valence electrons. The minimum Gasteiger partial charge on any atom is -0.497 e. The smallest absolute Gasteiger partial charge is 0.218 e. The van der Waals surface area contributed by atoms with Crippen molar-refractivity contribution in [2.45, 2.75) is 12.3 Å². The molecule has 3 aromatic rings. The molecule has 1 fully saturated rings. The van der Waals surface area contributed by atoms with Gasteiger partial charge >= 0.3 is 0 Å². The van der Waals surface area contributed by atoms with E-state index in [1.807, 2.05) is 54.6 Å². The van der Waals surface area contributed by atoms with E-state index in [1.165, 1.54) is 0 Å². The topological polar surface area (TPSA) is 62.7 Å². The van der Waals surface area contributed by atoms with Crippen LogP contribution in [0.3, 0.4) is 0 Å². The number of thiazole rings is 1. The van der Waals surface area contributed by atoms with Gasteiger partial charge in [-0.3, -0.25) is 4.90 Å². The maximum absolute atomic E-state index is 12.7. The lowest BCUT2D eigenvalue weighted by Gasteiger charge is -2.33. The summed E-state index contributed by atoms with van der Waals surface area (Å²) in [6.45, 7) is 3.20. The normalized spacial score (nSPS) is 15.9. The van der Waals surface area contributed by atoms with E-state index in [0.717, 1.165) is 34.1 Å². The lowest BCUT2D eigenvalue weighted by atomic mass is 10.2. The summed E-state index contributed by atoms with van der Waals surface area (Å²) in [5.74, 6) is 0.890. The molecule has 1 aromatic heterocycles. The molecule has 6 nitrogen and oxygen atoms in total. The molecular weight excluding hydrogens is 418 g/mol. The third kappa shape index (κ3) is 5.07. The second-order valence-corrected chi connectivity index (χ2v) is 10.1. The number of sulfonamides is 1. The van der Waals surface area contributed by atoms with Crippen LogP contribution in [-0.4, -0.2) is 55.9 Å². The Hall–Kier alpha value is -2.26. The van der Waals surface area contributed by atoms with Crippen LogP contribution in [-0.2, 0) is 22.3 Å². The van der Waals surface area contributed by atoms with E-state index in [9.17, 15) is 8.42 Å². The van der Waals surface area contributed by atoms with Crippen LogP contribution in [0.15, 0.2) is 60.0 Å². The number of hydrogen-bond acceptors (Lipinski definition) is 6. The van der Waals surface area contributed by atoms with Gasteiger partial charge in [0.25, 0.3) is 0 Å². The standard InChI is InChI=1S/C22H25N3O3S2/c1-28-21-9-7-19(8-10-21)22-23-20(16-29-22)15-24-11-13-25(14-12-24)30(26,27)17-18-5-3-2-4-6-18/h2-10,16H,11-15,17H2,1H3. The Labute approximate surface area is 181 Å². The van der Waals surface area contributed by atoms with Crippen LogP contribution in [0.5, 0.6) is 5.75 Å². The Morgan fingerprint density at radius 2 is 1.70 bits per heavy atom. The van der Waals surface area contributed by atoms with Gasteiger partial charge in [0.1, 0.15) is 10.8 Å². The first-order chi connectivity index (χ1) is 14.5. The van der Waals surface area contributed by atoms with Gasteiger partial charge in [-0.25, -0.2) is 13.4 Å². The van der Waals surface area contributed by atoms with Gasteiger partial charge < -0.3 is 4.74 Å². The Morgan fingerprint density at radius 3 is 2.37 bits per heavy atom. The van der Waals surface area contributed by atoms with Gasteiger partial charge in [0.05, 0.1) is 18.6 Å². The minimum atomic E-state index is -3.29. The number of nitrogens with zero attached hydrogens (tertiary/aromatic N) is 3. The van der Waals surface area contributed by atoms with Gasteiger partial charge in [-0.1, -0.05) is 30.3 Å². The molecule has 0 atom stereocenters. The highest BCUT2D eigenvalue weighted by molar-refractivity contribution is 7.88. The molecule has 0 saturated carbocycles. The SMILES string of the molecule is COc1ccc(-c2nc(CN3CCN(S(=O)(=O)Cc4ccccc4)CC3)cs2)cc1. The van der Waals surface area contributed by atoms with Crippen molar-refractivity contribution in [3.8, 4) is 16.3 Å². The fraction of sp³-hybridized carbons (Fsp3) is 0.318. The third-order valence-corrected chi connectivity index (χ3v) is 7.98. The summed E-state index contributed by atoms with van der Waals surface area (Å²) in [5.41, 5.74) is 2.92. The van der Waals surface area contributed by atoms with Crippen molar-refractivity contribution in [3.63, 3.8) is 0 Å². The second kappa shape index (κ2) is 9.26. The third-order valence-electron chi connectivity index (χ3n) is 5.19. The number of aromatic nitrogens is 1. The highest BCUT2D eigenvalue weighted by atomic mass is 32.2. The van der Waals surface area contributed by atoms with Gasteiger partial charge in [0, 0.05) is 43.7 Å². The summed E-state index contributed by atoms with van der Waals surface area (Å²) < 4.78 is 32.2. The molecule has 0 bridgehead atoms. The van der Waals surface area contributed by atoms with E-state index < -0.39 is 10.0 Å². The van der Waals surface area contributed by atoms with Crippen molar-refractivity contribution in [2.75, 3.05) is 33.3 Å². The monoisotopic (exact) mass is 443 g/mol. The van der Waals surface area contributed by atoms with Crippen LogP contribution in [0.4, 0.5) is 0 Å². The van der Waals surface area contributed by atoms with E-state index >= 15 is 0 Å². The van der Waals surface area contributed by atoms with Crippen molar-refractivity contribution < 1.29 is 13.2 Å². The molecule has 1 aliphatic heterocycles. The van der Waals surface area contributed by atoms with E-state index in [0.29, 0.717) is 26.2 Å². The highest BCUT2D eigenvalue weighted by Gasteiger charge is 2.27. The van der Waals surface area contributed by atoms with Gasteiger partial charge in [-0.15, -0.1) is 11.3 Å². The molecular formula is C22H25N3O3S2. The summed E-state index contributed by atoms with van der Waals surface area (Å²) >= 11 is 1.63. The van der Waals surface area contributed by atoms with E-state index in [2.05, 4.69) is 10.3 Å². The van der Waals surface area contributed by atoms with Crippen molar-refractivity contribution >= 4 is 21.4 Å². The van der Waals surface area contributed by atoms with Crippen LogP contribution < -0.4 is 4.74 Å². The molecule has 4 rings (SSSR count). The predicted octanol–water partition coefficient (Wildman–Crippen LogP) is 3.47. The zero-order chi connectivity index (χ0) is 21.0. The molecule has 0 spiro atoms. The van der Waals surface area contributed by atoms with Crippen LogP contribution in [0.2, 0.25) is 0 Å². The van der Waals surface area contributed by atoms with Crippen LogP contribution in [0.25, 0.3) is 10.6 Å². The maximum Gasteiger partial charge on any atom is 0.218 e. The average Bonchev–Trinajstić information content (AvgIpc) is 3.23. The fourth-order valence-electron chi connectivity index (χ4n) is 3.52.